The molecule has 1 saturated heterocycles. The van der Waals surface area contributed by atoms with Crippen molar-refractivity contribution in [2.24, 2.45) is 5.92 Å². The SMILES string of the molecule is O=[N+]([O-])c1ccc(CCNc2nc(C#CC3CNC3)nc3ccccc23)cc1. The van der Waals surface area contributed by atoms with E-state index in [-0.39, 0.29) is 5.69 Å². The minimum Gasteiger partial charge on any atom is -0.369 e. The Kier molecular flexibility index (Phi) is 5.13. The molecule has 3 aromatic rings. The van der Waals surface area contributed by atoms with Crippen LogP contribution in [0.3, 0.4) is 0 Å². The second kappa shape index (κ2) is 8.03. The van der Waals surface area contributed by atoms with Crippen LogP contribution in [0.2, 0.25) is 0 Å². The highest BCUT2D eigenvalue weighted by molar-refractivity contribution is 5.89. The fourth-order valence-electron chi connectivity index (χ4n) is 2.93. The summed E-state index contributed by atoms with van der Waals surface area (Å²) >= 11 is 0. The number of hydrogen-bond donors (Lipinski definition) is 2. The number of nitro groups is 1. The quantitative estimate of drug-likeness (QED) is 0.406. The topological polar surface area (TPSA) is 93.0 Å². The normalized spacial score (nSPS) is 13.4. The molecule has 0 unspecified atom stereocenters. The van der Waals surface area contributed by atoms with Gasteiger partial charge in [-0.25, -0.2) is 9.97 Å². The molecule has 0 amide bonds. The predicted molar refractivity (Wildman–Crippen MR) is 108 cm³/mol. The molecule has 1 aliphatic heterocycles. The fraction of sp³-hybridized carbons (Fsp3) is 0.238. The number of para-hydroxylation sites is 1. The molecule has 1 aliphatic rings. The van der Waals surface area contributed by atoms with Gasteiger partial charge in [-0.3, -0.25) is 10.1 Å². The Morgan fingerprint density at radius 2 is 1.93 bits per heavy atom. The van der Waals surface area contributed by atoms with E-state index in [2.05, 4.69) is 32.4 Å². The summed E-state index contributed by atoms with van der Waals surface area (Å²) in [6.45, 7) is 2.49. The summed E-state index contributed by atoms with van der Waals surface area (Å²) in [5, 5.41) is 18.3. The van der Waals surface area contributed by atoms with Crippen LogP contribution in [0.1, 0.15) is 11.4 Å². The first-order valence-electron chi connectivity index (χ1n) is 9.15. The Labute approximate surface area is 162 Å². The Hall–Kier alpha value is -3.50. The molecule has 0 radical (unpaired) electrons. The molecule has 28 heavy (non-hydrogen) atoms. The van der Waals surface area contributed by atoms with Crippen LogP contribution in [-0.4, -0.2) is 34.5 Å². The zero-order valence-electron chi connectivity index (χ0n) is 15.2. The molecular formula is C21H19N5O2. The molecule has 7 nitrogen and oxygen atoms in total. The van der Waals surface area contributed by atoms with Gasteiger partial charge in [-0.15, -0.1) is 0 Å². The zero-order valence-corrected chi connectivity index (χ0v) is 15.2. The van der Waals surface area contributed by atoms with Gasteiger partial charge in [0.25, 0.3) is 5.69 Å². The van der Waals surface area contributed by atoms with E-state index in [0.717, 1.165) is 41.8 Å². The minimum absolute atomic E-state index is 0.100. The highest BCUT2D eigenvalue weighted by atomic mass is 16.6. The number of anilines is 1. The van der Waals surface area contributed by atoms with Crippen LogP contribution in [0, 0.1) is 27.9 Å². The maximum atomic E-state index is 10.8. The van der Waals surface area contributed by atoms with Gasteiger partial charge in [0.05, 0.1) is 10.4 Å². The zero-order chi connectivity index (χ0) is 19.3. The molecule has 1 fully saturated rings. The number of nitrogens with zero attached hydrogens (tertiary/aromatic N) is 3. The molecule has 2 N–H and O–H groups in total. The third-order valence-corrected chi connectivity index (χ3v) is 4.63. The highest BCUT2D eigenvalue weighted by Gasteiger charge is 2.13. The van der Waals surface area contributed by atoms with Crippen LogP contribution in [0.15, 0.2) is 48.5 Å². The molecule has 0 bridgehead atoms. The molecule has 2 heterocycles. The monoisotopic (exact) mass is 373 g/mol. The number of rotatable bonds is 5. The third-order valence-electron chi connectivity index (χ3n) is 4.63. The lowest BCUT2D eigenvalue weighted by Gasteiger charge is -2.21. The van der Waals surface area contributed by atoms with Gasteiger partial charge in [0.1, 0.15) is 5.82 Å². The molecular weight excluding hydrogens is 354 g/mol. The van der Waals surface area contributed by atoms with Gasteiger partial charge in [-0.2, -0.15) is 0 Å². The second-order valence-corrected chi connectivity index (χ2v) is 6.64. The van der Waals surface area contributed by atoms with Crippen molar-refractivity contribution in [3.8, 4) is 11.8 Å². The average Bonchev–Trinajstić information content (AvgIpc) is 2.67. The maximum absolute atomic E-state index is 10.8. The molecule has 7 heteroatoms. The van der Waals surface area contributed by atoms with Crippen molar-refractivity contribution in [3.05, 3.63) is 70.0 Å². The number of nitrogens with one attached hydrogen (secondary N) is 2. The van der Waals surface area contributed by atoms with Crippen molar-refractivity contribution in [3.63, 3.8) is 0 Å². The Balaban J connectivity index is 1.50. The fourth-order valence-corrected chi connectivity index (χ4v) is 2.93. The largest absolute Gasteiger partial charge is 0.369 e. The molecule has 4 rings (SSSR count). The average molecular weight is 373 g/mol. The van der Waals surface area contributed by atoms with Crippen molar-refractivity contribution in [1.82, 2.24) is 15.3 Å². The van der Waals surface area contributed by atoms with Gasteiger partial charge in [0.2, 0.25) is 5.82 Å². The molecule has 0 spiro atoms. The number of aromatic nitrogens is 2. The first-order valence-corrected chi connectivity index (χ1v) is 9.15. The molecule has 0 aliphatic carbocycles. The third kappa shape index (κ3) is 4.08. The van der Waals surface area contributed by atoms with Crippen LogP contribution in [0.5, 0.6) is 0 Å². The van der Waals surface area contributed by atoms with Gasteiger partial charge >= 0.3 is 0 Å². The molecule has 0 saturated carbocycles. The number of hydrogen-bond acceptors (Lipinski definition) is 6. The number of nitro benzene ring substituents is 1. The number of benzene rings is 2. The minimum atomic E-state index is -0.392. The Bertz CT molecular complexity index is 1070. The van der Waals surface area contributed by atoms with Gasteiger partial charge < -0.3 is 10.6 Å². The summed E-state index contributed by atoms with van der Waals surface area (Å²) in [4.78, 5) is 19.5. The van der Waals surface area contributed by atoms with E-state index < -0.39 is 4.92 Å². The van der Waals surface area contributed by atoms with Crippen LogP contribution in [-0.2, 0) is 6.42 Å². The van der Waals surface area contributed by atoms with E-state index in [1.165, 1.54) is 12.1 Å². The molecule has 140 valence electrons. The van der Waals surface area contributed by atoms with Crippen molar-refractivity contribution in [1.29, 1.82) is 0 Å². The first-order chi connectivity index (χ1) is 13.7. The second-order valence-electron chi connectivity index (χ2n) is 6.64. The molecule has 0 atom stereocenters. The van der Waals surface area contributed by atoms with Crippen molar-refractivity contribution < 1.29 is 4.92 Å². The van der Waals surface area contributed by atoms with Gasteiger partial charge in [-0.05, 0) is 30.0 Å². The highest BCUT2D eigenvalue weighted by Crippen LogP contribution is 2.20. The summed E-state index contributed by atoms with van der Waals surface area (Å²) in [6, 6.07) is 14.5. The summed E-state index contributed by atoms with van der Waals surface area (Å²) < 4.78 is 0. The van der Waals surface area contributed by atoms with Crippen molar-refractivity contribution >= 4 is 22.4 Å². The molecule has 2 aromatic carbocycles. The van der Waals surface area contributed by atoms with E-state index in [9.17, 15) is 10.1 Å². The molecule has 1 aromatic heterocycles. The smallest absolute Gasteiger partial charge is 0.269 e. The lowest BCUT2D eigenvalue weighted by atomic mass is 10.1. The first kappa shape index (κ1) is 17.9. The maximum Gasteiger partial charge on any atom is 0.269 e. The van der Waals surface area contributed by atoms with E-state index in [1.807, 2.05) is 24.3 Å². The lowest BCUT2D eigenvalue weighted by Crippen LogP contribution is -2.40. The van der Waals surface area contributed by atoms with Crippen LogP contribution < -0.4 is 10.6 Å². The van der Waals surface area contributed by atoms with E-state index >= 15 is 0 Å². The summed E-state index contributed by atoms with van der Waals surface area (Å²) in [6.07, 6.45) is 0.727. The van der Waals surface area contributed by atoms with E-state index in [1.54, 1.807) is 12.1 Å². The van der Waals surface area contributed by atoms with Gasteiger partial charge in [-0.1, -0.05) is 30.2 Å². The van der Waals surface area contributed by atoms with Crippen LogP contribution >= 0.6 is 0 Å². The van der Waals surface area contributed by atoms with Crippen molar-refractivity contribution in [2.45, 2.75) is 6.42 Å². The lowest BCUT2D eigenvalue weighted by molar-refractivity contribution is -0.384. The van der Waals surface area contributed by atoms with Crippen LogP contribution in [0.25, 0.3) is 10.9 Å². The van der Waals surface area contributed by atoms with Gasteiger partial charge in [0.15, 0.2) is 0 Å². The predicted octanol–water partition coefficient (Wildman–Crippen LogP) is 2.76. The van der Waals surface area contributed by atoms with Crippen molar-refractivity contribution in [2.75, 3.05) is 25.0 Å². The van der Waals surface area contributed by atoms with Crippen LogP contribution in [0.4, 0.5) is 11.5 Å². The summed E-state index contributed by atoms with van der Waals surface area (Å²) in [7, 11) is 0. The number of fused-ring (bicyclic) bond motifs is 1. The van der Waals surface area contributed by atoms with Gasteiger partial charge in [0, 0.05) is 43.1 Å². The summed E-state index contributed by atoms with van der Waals surface area (Å²) in [5.74, 6) is 7.93. The van der Waals surface area contributed by atoms with E-state index in [0.29, 0.717) is 18.3 Å². The Morgan fingerprint density at radius 1 is 1.14 bits per heavy atom. The van der Waals surface area contributed by atoms with E-state index in [4.69, 9.17) is 0 Å². The Morgan fingerprint density at radius 3 is 2.64 bits per heavy atom. The standard InChI is InChI=1S/C21H19N5O2/c27-26(28)17-8-5-15(6-9-17)11-12-23-21-18-3-1-2-4-19(18)24-20(25-21)10-7-16-13-22-14-16/h1-6,8-9,16,22H,11-14H2,(H,23,24,25). The summed E-state index contributed by atoms with van der Waals surface area (Å²) in [5.41, 5.74) is 1.98. The number of non-ortho nitro benzene ring substituents is 1.